The van der Waals surface area contributed by atoms with Gasteiger partial charge in [0.2, 0.25) is 6.16 Å². The molecular weight excluding hydrogens is 303 g/mol. The Morgan fingerprint density at radius 2 is 2.00 bits per heavy atom. The van der Waals surface area contributed by atoms with E-state index in [0.29, 0.717) is 0 Å². The summed E-state index contributed by atoms with van der Waals surface area (Å²) in [4.78, 5) is 6.62. The minimum absolute atomic E-state index is 0.0499. The SMILES string of the molecule is CCOO[P+](=O)C/C=N/NS(=O)(=O)c1ccc(C)cc1. The van der Waals surface area contributed by atoms with Crippen LogP contribution in [0.4, 0.5) is 0 Å². The fourth-order valence-corrected chi connectivity index (χ4v) is 2.44. The highest BCUT2D eigenvalue weighted by Gasteiger charge is 2.17. The molecule has 0 bridgehead atoms. The molecule has 0 amide bonds. The van der Waals surface area contributed by atoms with Crippen molar-refractivity contribution in [3.63, 3.8) is 0 Å². The Balaban J connectivity index is 2.51. The highest BCUT2D eigenvalue weighted by Crippen LogP contribution is 2.20. The van der Waals surface area contributed by atoms with E-state index in [4.69, 9.17) is 0 Å². The second-order valence-electron chi connectivity index (χ2n) is 3.72. The minimum Gasteiger partial charge on any atom is -0.200 e. The Labute approximate surface area is 118 Å². The Morgan fingerprint density at radius 3 is 2.60 bits per heavy atom. The molecule has 9 heteroatoms. The van der Waals surface area contributed by atoms with Gasteiger partial charge in [-0.1, -0.05) is 17.7 Å². The van der Waals surface area contributed by atoms with E-state index in [1.165, 1.54) is 12.1 Å². The lowest BCUT2D eigenvalue weighted by atomic mass is 10.2. The predicted octanol–water partition coefficient (Wildman–Crippen LogP) is 1.97. The van der Waals surface area contributed by atoms with Crippen molar-refractivity contribution >= 4 is 24.3 Å². The van der Waals surface area contributed by atoms with Crippen molar-refractivity contribution in [2.24, 2.45) is 5.10 Å². The maximum absolute atomic E-state index is 11.8. The maximum atomic E-state index is 11.8. The number of hydrazone groups is 1. The van der Waals surface area contributed by atoms with Crippen LogP contribution in [0.2, 0.25) is 0 Å². The van der Waals surface area contributed by atoms with Crippen molar-refractivity contribution in [2.75, 3.05) is 12.8 Å². The third-order valence-electron chi connectivity index (χ3n) is 2.08. The van der Waals surface area contributed by atoms with E-state index >= 15 is 0 Å². The van der Waals surface area contributed by atoms with Crippen molar-refractivity contribution < 1.29 is 22.5 Å². The van der Waals surface area contributed by atoms with Crippen LogP contribution >= 0.6 is 8.03 Å². The van der Waals surface area contributed by atoms with Gasteiger partial charge in [0.15, 0.2) is 0 Å². The molecule has 0 fully saturated rings. The first-order valence-corrected chi connectivity index (χ1v) is 8.64. The van der Waals surface area contributed by atoms with Gasteiger partial charge in [-0.05, 0) is 30.5 Å². The molecule has 1 atom stereocenters. The van der Waals surface area contributed by atoms with Crippen LogP contribution in [0.1, 0.15) is 12.5 Å². The molecule has 20 heavy (non-hydrogen) atoms. The summed E-state index contributed by atoms with van der Waals surface area (Å²) >= 11 is 0. The molecule has 7 nitrogen and oxygen atoms in total. The van der Waals surface area contributed by atoms with Gasteiger partial charge in [-0.25, -0.2) is 4.83 Å². The van der Waals surface area contributed by atoms with Crippen molar-refractivity contribution in [1.82, 2.24) is 4.83 Å². The largest absolute Gasteiger partial charge is 0.545 e. The molecular formula is C11H16N2O5PS+. The summed E-state index contributed by atoms with van der Waals surface area (Å²) in [5.41, 5.74) is 0.956. The molecule has 0 radical (unpaired) electrons. The zero-order valence-electron chi connectivity index (χ0n) is 11.1. The molecule has 0 spiro atoms. The molecule has 1 unspecified atom stereocenters. The highest BCUT2D eigenvalue weighted by atomic mass is 32.2. The molecule has 0 aliphatic heterocycles. The van der Waals surface area contributed by atoms with Gasteiger partial charge in [-0.3, -0.25) is 0 Å². The molecule has 110 valence electrons. The highest BCUT2D eigenvalue weighted by molar-refractivity contribution is 7.89. The molecule has 1 aromatic carbocycles. The van der Waals surface area contributed by atoms with E-state index in [1.807, 2.05) is 11.8 Å². The third-order valence-corrected chi connectivity index (χ3v) is 4.05. The number of rotatable bonds is 8. The van der Waals surface area contributed by atoms with Crippen LogP contribution in [0.5, 0.6) is 0 Å². The smallest absolute Gasteiger partial charge is 0.200 e. The standard InChI is InChI=1S/C11H16N2O5PS/c1-3-17-18-19(14)9-8-12-13-20(15,16)11-6-4-10(2)5-7-11/h4-8,13H,3,9H2,1-2H3/q+1/b12-8+. The predicted molar refractivity (Wildman–Crippen MR) is 75.2 cm³/mol. The van der Waals surface area contributed by atoms with Crippen LogP contribution < -0.4 is 4.83 Å². The van der Waals surface area contributed by atoms with Crippen molar-refractivity contribution in [3.8, 4) is 0 Å². The number of hydrogen-bond acceptors (Lipinski definition) is 6. The van der Waals surface area contributed by atoms with E-state index in [-0.39, 0.29) is 17.7 Å². The number of sulfonamides is 1. The van der Waals surface area contributed by atoms with E-state index in [1.54, 1.807) is 19.1 Å². The quantitative estimate of drug-likeness (QED) is 0.342. The van der Waals surface area contributed by atoms with Crippen molar-refractivity contribution in [2.45, 2.75) is 18.7 Å². The number of benzene rings is 1. The lowest BCUT2D eigenvalue weighted by Crippen LogP contribution is -2.18. The summed E-state index contributed by atoms with van der Waals surface area (Å²) < 4.78 is 39.2. The second-order valence-corrected chi connectivity index (χ2v) is 6.56. The summed E-state index contributed by atoms with van der Waals surface area (Å²) in [7, 11) is -5.76. The van der Waals surface area contributed by atoms with Gasteiger partial charge < -0.3 is 0 Å². The lowest BCUT2D eigenvalue weighted by Gasteiger charge is -2.02. The van der Waals surface area contributed by atoms with Crippen molar-refractivity contribution in [3.05, 3.63) is 29.8 Å². The van der Waals surface area contributed by atoms with E-state index in [2.05, 4.69) is 14.7 Å². The van der Waals surface area contributed by atoms with Gasteiger partial charge in [0.1, 0.15) is 0 Å². The summed E-state index contributed by atoms with van der Waals surface area (Å²) in [5, 5.41) is 3.51. The second kappa shape index (κ2) is 8.06. The topological polar surface area (TPSA) is 94.1 Å². The minimum atomic E-state index is -3.71. The number of nitrogens with one attached hydrogen (secondary N) is 1. The molecule has 1 aromatic rings. The molecule has 0 aliphatic rings. The summed E-state index contributed by atoms with van der Waals surface area (Å²) in [5.74, 6) is 0. The van der Waals surface area contributed by atoms with E-state index in [0.717, 1.165) is 11.8 Å². The maximum Gasteiger partial charge on any atom is 0.545 e. The third kappa shape index (κ3) is 5.75. The van der Waals surface area contributed by atoms with Crippen LogP contribution in [0.15, 0.2) is 34.3 Å². The van der Waals surface area contributed by atoms with Crippen LogP contribution in [0, 0.1) is 6.92 Å². The zero-order chi connectivity index (χ0) is 15.0. The van der Waals surface area contributed by atoms with Gasteiger partial charge >= 0.3 is 8.03 Å². The zero-order valence-corrected chi connectivity index (χ0v) is 12.9. The first-order chi connectivity index (χ1) is 9.45. The Kier molecular flexibility index (Phi) is 6.74. The van der Waals surface area contributed by atoms with Crippen LogP contribution in [0.25, 0.3) is 0 Å². The molecule has 1 N–H and O–H groups in total. The van der Waals surface area contributed by atoms with Gasteiger partial charge in [0.05, 0.1) is 17.7 Å². The Bertz CT molecular complexity index is 571. The average molecular weight is 319 g/mol. The van der Waals surface area contributed by atoms with E-state index in [9.17, 15) is 13.0 Å². The van der Waals surface area contributed by atoms with Crippen LogP contribution in [-0.2, 0) is 24.2 Å². The number of nitrogens with zero attached hydrogens (tertiary/aromatic N) is 1. The Hall–Kier alpha value is -1.34. The van der Waals surface area contributed by atoms with Gasteiger partial charge in [-0.15, -0.1) is 0 Å². The number of aryl methyl sites for hydroxylation is 1. The lowest BCUT2D eigenvalue weighted by molar-refractivity contribution is -0.196. The summed E-state index contributed by atoms with van der Waals surface area (Å²) in [6, 6.07) is 6.33. The van der Waals surface area contributed by atoms with Gasteiger partial charge in [0.25, 0.3) is 10.0 Å². The molecule has 0 saturated carbocycles. The van der Waals surface area contributed by atoms with Crippen LogP contribution in [0.3, 0.4) is 0 Å². The molecule has 0 heterocycles. The first kappa shape index (κ1) is 16.7. The average Bonchev–Trinajstić information content (AvgIpc) is 2.42. The fraction of sp³-hybridized carbons (Fsp3) is 0.364. The van der Waals surface area contributed by atoms with Gasteiger partial charge in [0, 0.05) is 4.67 Å². The normalized spacial score (nSPS) is 12.6. The van der Waals surface area contributed by atoms with Crippen LogP contribution in [-0.4, -0.2) is 27.4 Å². The fourth-order valence-electron chi connectivity index (χ4n) is 1.13. The molecule has 0 aliphatic carbocycles. The van der Waals surface area contributed by atoms with Crippen molar-refractivity contribution in [1.29, 1.82) is 0 Å². The van der Waals surface area contributed by atoms with Gasteiger partial charge in [-0.2, -0.15) is 18.4 Å². The molecule has 0 saturated heterocycles. The first-order valence-electron chi connectivity index (χ1n) is 5.80. The molecule has 1 rings (SSSR count). The monoisotopic (exact) mass is 319 g/mol. The Morgan fingerprint density at radius 1 is 1.35 bits per heavy atom. The number of hydrogen-bond donors (Lipinski definition) is 1. The van der Waals surface area contributed by atoms with E-state index < -0.39 is 18.1 Å². The summed E-state index contributed by atoms with van der Waals surface area (Å²) in [6.07, 6.45) is 1.11. The summed E-state index contributed by atoms with van der Waals surface area (Å²) in [6.45, 7) is 3.82. The molecule has 0 aromatic heterocycles.